The Bertz CT molecular complexity index is 406. The van der Waals surface area contributed by atoms with E-state index in [0.717, 1.165) is 19.3 Å². The molecular formula is C16H30N2O5. The number of carbonyl (C=O) groups excluding carboxylic acids is 2. The van der Waals surface area contributed by atoms with Gasteiger partial charge in [-0.15, -0.1) is 0 Å². The molecule has 0 aromatic rings. The van der Waals surface area contributed by atoms with Gasteiger partial charge in [0.15, 0.2) is 0 Å². The maximum Gasteiger partial charge on any atom is 0.308 e. The normalized spacial score (nSPS) is 15.3. The summed E-state index contributed by atoms with van der Waals surface area (Å²) < 4.78 is 12.7. The van der Waals surface area contributed by atoms with E-state index in [9.17, 15) is 14.4 Å². The number of rotatable bonds is 14. The number of nitrogens with two attached hydrogens (primary N) is 2. The Kier molecular flexibility index (Phi) is 10.9. The molecule has 7 nitrogen and oxygen atoms in total. The zero-order valence-corrected chi connectivity index (χ0v) is 13.8. The lowest BCUT2D eigenvalue weighted by molar-refractivity contribution is -0.149. The van der Waals surface area contributed by atoms with Crippen molar-refractivity contribution in [3.8, 4) is 0 Å². The van der Waals surface area contributed by atoms with Crippen LogP contribution in [-0.2, 0) is 19.1 Å². The van der Waals surface area contributed by atoms with Gasteiger partial charge in [-0.05, 0) is 12.8 Å². The van der Waals surface area contributed by atoms with Gasteiger partial charge in [-0.1, -0.05) is 45.4 Å². The van der Waals surface area contributed by atoms with Crippen LogP contribution >= 0.6 is 0 Å². The number of carbonyl (C=O) groups is 3. The fourth-order valence-electron chi connectivity index (χ4n) is 2.12. The van der Waals surface area contributed by atoms with E-state index in [1.165, 1.54) is 19.3 Å². The zero-order chi connectivity index (χ0) is 18.5. The Balaban J connectivity index is 4.02. The number of primary amides is 1. The number of ether oxygens (including phenoxy) is 1. The van der Waals surface area contributed by atoms with E-state index in [4.69, 9.17) is 22.7 Å². The Morgan fingerprint density at radius 1 is 1.13 bits per heavy atom. The van der Waals surface area contributed by atoms with E-state index in [1.54, 1.807) is 0 Å². The fraction of sp³-hybridized carbons (Fsp3) is 0.812. The highest BCUT2D eigenvalue weighted by atomic mass is 16.5. The van der Waals surface area contributed by atoms with Gasteiger partial charge in [-0.25, -0.2) is 0 Å². The molecule has 1 amide bonds. The molecule has 0 radical (unpaired) electrons. The van der Waals surface area contributed by atoms with Crippen LogP contribution in [0.25, 0.3) is 0 Å². The summed E-state index contributed by atoms with van der Waals surface area (Å²) in [7, 11) is 0. The summed E-state index contributed by atoms with van der Waals surface area (Å²) in [5.74, 6) is -4.40. The fourth-order valence-corrected chi connectivity index (χ4v) is 2.12. The van der Waals surface area contributed by atoms with Crippen molar-refractivity contribution in [2.75, 3.05) is 6.61 Å². The third-order valence-electron chi connectivity index (χ3n) is 3.58. The molecule has 0 aromatic heterocycles. The number of carboxylic acid groups (broad SMARTS) is 1. The maximum absolute atomic E-state index is 11.6. The first-order valence-corrected chi connectivity index (χ1v) is 8.16. The molecule has 0 saturated heterocycles. The molecule has 23 heavy (non-hydrogen) atoms. The van der Waals surface area contributed by atoms with Gasteiger partial charge >= 0.3 is 11.9 Å². The van der Waals surface area contributed by atoms with Crippen LogP contribution in [0.2, 0.25) is 0 Å². The number of unbranched alkanes of at least 4 members (excludes halogenated alkanes) is 6. The van der Waals surface area contributed by atoms with Gasteiger partial charge in [0, 0.05) is 7.79 Å². The van der Waals surface area contributed by atoms with E-state index >= 15 is 0 Å². The molecule has 0 aromatic carbocycles. The summed E-state index contributed by atoms with van der Waals surface area (Å²) in [4.78, 5) is 33.7. The van der Waals surface area contributed by atoms with Gasteiger partial charge in [-0.3, -0.25) is 14.4 Å². The van der Waals surface area contributed by atoms with Gasteiger partial charge in [0.1, 0.15) is 0 Å². The Labute approximate surface area is 139 Å². The van der Waals surface area contributed by atoms with Crippen molar-refractivity contribution in [3.05, 3.63) is 0 Å². The minimum Gasteiger partial charge on any atom is -0.481 e. The first kappa shape index (κ1) is 19.4. The van der Waals surface area contributed by atoms with Gasteiger partial charge in [0.25, 0.3) is 0 Å². The van der Waals surface area contributed by atoms with Crippen LogP contribution in [0.4, 0.5) is 0 Å². The molecule has 3 atom stereocenters. The molecule has 5 N–H and O–H groups in total. The predicted molar refractivity (Wildman–Crippen MR) is 86.5 cm³/mol. The van der Waals surface area contributed by atoms with E-state index in [2.05, 4.69) is 6.92 Å². The number of carboxylic acids is 1. The van der Waals surface area contributed by atoms with Gasteiger partial charge in [0.05, 0.1) is 18.6 Å². The minimum absolute atomic E-state index is 0.236. The summed E-state index contributed by atoms with van der Waals surface area (Å²) in [6, 6.07) is -1.49. The average Bonchev–Trinajstić information content (AvgIpc) is 2.51. The second-order valence-corrected chi connectivity index (χ2v) is 5.58. The van der Waals surface area contributed by atoms with Crippen molar-refractivity contribution in [2.24, 2.45) is 17.4 Å². The molecule has 0 aliphatic carbocycles. The molecule has 0 rings (SSSR count). The molecule has 0 aliphatic rings. The van der Waals surface area contributed by atoms with E-state index in [1.807, 2.05) is 0 Å². The van der Waals surface area contributed by atoms with Crippen molar-refractivity contribution in [1.29, 1.82) is 0 Å². The van der Waals surface area contributed by atoms with Crippen LogP contribution in [0.3, 0.4) is 0 Å². The first-order chi connectivity index (χ1) is 11.3. The van der Waals surface area contributed by atoms with Crippen LogP contribution in [0.1, 0.15) is 66.1 Å². The smallest absolute Gasteiger partial charge is 0.308 e. The summed E-state index contributed by atoms with van der Waals surface area (Å²) >= 11 is 0. The summed E-state index contributed by atoms with van der Waals surface area (Å²) in [6.07, 6.45) is 6.39. The molecule has 0 heterocycles. The second-order valence-electron chi connectivity index (χ2n) is 5.58. The molecule has 2 unspecified atom stereocenters. The lowest BCUT2D eigenvalue weighted by Gasteiger charge is -2.16. The quantitative estimate of drug-likeness (QED) is 0.327. The Morgan fingerprint density at radius 3 is 2.22 bits per heavy atom. The summed E-state index contributed by atoms with van der Waals surface area (Å²) in [5, 5.41) is 9.04. The molecule has 0 bridgehead atoms. The molecule has 7 heteroatoms. The Morgan fingerprint density at radius 2 is 1.70 bits per heavy atom. The van der Waals surface area contributed by atoms with E-state index in [0.29, 0.717) is 6.42 Å². The SMILES string of the molecule is [2H]C(COC(=O)CCCCCCCCC)C(C(=O)O)[C@H](N)C(N)=O. The van der Waals surface area contributed by atoms with Crippen LogP contribution < -0.4 is 11.5 Å². The van der Waals surface area contributed by atoms with E-state index in [-0.39, 0.29) is 6.42 Å². The topological polar surface area (TPSA) is 133 Å². The largest absolute Gasteiger partial charge is 0.481 e. The van der Waals surface area contributed by atoms with Gasteiger partial charge < -0.3 is 21.3 Å². The van der Waals surface area contributed by atoms with Crippen molar-refractivity contribution in [3.63, 3.8) is 0 Å². The second kappa shape index (κ2) is 12.9. The first-order valence-electron chi connectivity index (χ1n) is 8.74. The standard InChI is InChI=1S/C16H30N2O5/c1-2-3-4-5-6-7-8-9-13(19)23-11-10-12(16(21)22)14(17)15(18)20/h12,14H,2-11,17H2,1H3,(H2,18,20)(H,21,22)/t12?,14-/m0/s1/i10D/t10?,12?,14-. The van der Waals surface area contributed by atoms with Crippen LogP contribution in [0, 0.1) is 5.92 Å². The molecule has 134 valence electrons. The highest BCUT2D eigenvalue weighted by molar-refractivity contribution is 5.86. The van der Waals surface area contributed by atoms with Crippen molar-refractivity contribution in [1.82, 2.24) is 0 Å². The zero-order valence-electron chi connectivity index (χ0n) is 14.8. The number of aliphatic carboxylic acids is 1. The Hall–Kier alpha value is -1.63. The third kappa shape index (κ3) is 10.7. The van der Waals surface area contributed by atoms with Crippen molar-refractivity contribution < 1.29 is 25.6 Å². The lowest BCUT2D eigenvalue weighted by Crippen LogP contribution is -2.46. The van der Waals surface area contributed by atoms with Crippen LogP contribution in [0.5, 0.6) is 0 Å². The highest BCUT2D eigenvalue weighted by Gasteiger charge is 2.29. The molecule has 0 saturated carbocycles. The maximum atomic E-state index is 11.6. The number of amides is 1. The van der Waals surface area contributed by atoms with Crippen molar-refractivity contribution >= 4 is 17.8 Å². The van der Waals surface area contributed by atoms with Crippen LogP contribution in [-0.4, -0.2) is 35.6 Å². The van der Waals surface area contributed by atoms with Crippen molar-refractivity contribution in [2.45, 2.75) is 70.7 Å². The number of hydrogen-bond acceptors (Lipinski definition) is 5. The van der Waals surface area contributed by atoms with E-state index < -0.39 is 42.8 Å². The summed E-state index contributed by atoms with van der Waals surface area (Å²) in [6.45, 7) is 1.73. The molecule has 0 spiro atoms. The molecular weight excluding hydrogens is 300 g/mol. The molecule has 0 aliphatic heterocycles. The third-order valence-corrected chi connectivity index (χ3v) is 3.58. The molecule has 0 fully saturated rings. The summed E-state index contributed by atoms with van der Waals surface area (Å²) in [5.41, 5.74) is 10.4. The number of hydrogen-bond donors (Lipinski definition) is 3. The minimum atomic E-state index is -1.51. The lowest BCUT2D eigenvalue weighted by atomic mass is 9.97. The predicted octanol–water partition coefficient (Wildman–Crippen LogP) is 1.57. The van der Waals surface area contributed by atoms with Gasteiger partial charge in [0.2, 0.25) is 5.91 Å². The highest BCUT2D eigenvalue weighted by Crippen LogP contribution is 2.11. The van der Waals surface area contributed by atoms with Gasteiger partial charge in [-0.2, -0.15) is 0 Å². The number of esters is 1. The monoisotopic (exact) mass is 331 g/mol. The average molecular weight is 331 g/mol. The van der Waals surface area contributed by atoms with Crippen LogP contribution in [0.15, 0.2) is 0 Å².